The molecule has 0 N–H and O–H groups in total. The van der Waals surface area contributed by atoms with Crippen molar-refractivity contribution in [3.8, 4) is 55.6 Å². The van der Waals surface area contributed by atoms with Gasteiger partial charge in [-0.2, -0.15) is 0 Å². The van der Waals surface area contributed by atoms with E-state index in [2.05, 4.69) is 236 Å². The van der Waals surface area contributed by atoms with Crippen LogP contribution in [0.3, 0.4) is 0 Å². The van der Waals surface area contributed by atoms with E-state index in [1.165, 1.54) is 110 Å². The average Bonchev–Trinajstić information content (AvgIpc) is 3.27. The third kappa shape index (κ3) is 6.48. The van der Waals surface area contributed by atoms with Crippen LogP contribution in [0.2, 0.25) is 0 Å². The van der Waals surface area contributed by atoms with Crippen molar-refractivity contribution in [1.82, 2.24) is 0 Å². The summed E-state index contributed by atoms with van der Waals surface area (Å²) in [4.78, 5) is 0. The molecule has 0 nitrogen and oxygen atoms in total. The van der Waals surface area contributed by atoms with Gasteiger partial charge in [0.2, 0.25) is 0 Å². The lowest BCUT2D eigenvalue weighted by Crippen LogP contribution is -2.10. The van der Waals surface area contributed by atoms with Crippen LogP contribution in [0, 0.1) is 0 Å². The van der Waals surface area contributed by atoms with E-state index >= 15 is 0 Å². The summed E-state index contributed by atoms with van der Waals surface area (Å²) in [5.74, 6) is 0. The van der Waals surface area contributed by atoms with E-state index in [0.29, 0.717) is 0 Å². The number of fused-ring (bicyclic) bond motifs is 4. The number of hydrogen-bond acceptors (Lipinski definition) is 0. The highest BCUT2D eigenvalue weighted by molar-refractivity contribution is 6.16. The van der Waals surface area contributed by atoms with Gasteiger partial charge in [-0.25, -0.2) is 0 Å². The van der Waals surface area contributed by atoms with Crippen molar-refractivity contribution in [3.63, 3.8) is 0 Å². The fraction of sp³-hybridized carbons (Fsp3) is 0.133. The van der Waals surface area contributed by atoms with Crippen LogP contribution in [-0.4, -0.2) is 0 Å². The first kappa shape index (κ1) is 37.5. The zero-order chi connectivity index (χ0) is 41.2. The molecule has 10 rings (SSSR count). The van der Waals surface area contributed by atoms with E-state index in [1.807, 2.05) is 0 Å². The van der Waals surface area contributed by atoms with Crippen LogP contribution < -0.4 is 0 Å². The highest BCUT2D eigenvalue weighted by Crippen LogP contribution is 2.45. The summed E-state index contributed by atoms with van der Waals surface area (Å²) in [5.41, 5.74) is 15.5. The molecule has 0 heterocycles. The molecule has 0 unspecified atom stereocenters. The van der Waals surface area contributed by atoms with Gasteiger partial charge < -0.3 is 0 Å². The van der Waals surface area contributed by atoms with Gasteiger partial charge in [-0.3, -0.25) is 0 Å². The first-order valence-corrected chi connectivity index (χ1v) is 21.3. The Morgan fingerprint density at radius 1 is 0.200 bits per heavy atom. The van der Waals surface area contributed by atoms with Crippen molar-refractivity contribution < 1.29 is 0 Å². The maximum absolute atomic E-state index is 2.35. The van der Waals surface area contributed by atoms with Crippen LogP contribution in [0.25, 0.3) is 98.7 Å². The maximum Gasteiger partial charge on any atom is -0.00987 e. The van der Waals surface area contributed by atoms with Crippen molar-refractivity contribution in [1.29, 1.82) is 0 Å². The van der Waals surface area contributed by atoms with Gasteiger partial charge in [-0.15, -0.1) is 0 Å². The number of benzene rings is 10. The molecule has 10 aromatic rings. The minimum Gasteiger partial charge on any atom is -0.0616 e. The van der Waals surface area contributed by atoms with Gasteiger partial charge in [-0.05, 0) is 121 Å². The molecular weight excluding hydrogens is 721 g/mol. The molecule has 0 aromatic heterocycles. The molecule has 0 saturated carbocycles. The molecule has 60 heavy (non-hydrogen) atoms. The van der Waals surface area contributed by atoms with Gasteiger partial charge in [-0.1, -0.05) is 236 Å². The summed E-state index contributed by atoms with van der Waals surface area (Å²) in [6.45, 7) is 13.6. The van der Waals surface area contributed by atoms with Crippen LogP contribution in [0.4, 0.5) is 0 Å². The van der Waals surface area contributed by atoms with Crippen molar-refractivity contribution in [3.05, 3.63) is 205 Å². The number of rotatable bonds is 5. The Hall–Kier alpha value is -6.76. The molecule has 290 valence electrons. The van der Waals surface area contributed by atoms with E-state index in [0.717, 1.165) is 0 Å². The van der Waals surface area contributed by atoms with Gasteiger partial charge in [0.1, 0.15) is 0 Å². The van der Waals surface area contributed by atoms with Crippen LogP contribution in [0.5, 0.6) is 0 Å². The van der Waals surface area contributed by atoms with Crippen molar-refractivity contribution in [2.75, 3.05) is 0 Å². The van der Waals surface area contributed by atoms with Crippen molar-refractivity contribution >= 4 is 43.1 Å². The van der Waals surface area contributed by atoms with Gasteiger partial charge in [0.15, 0.2) is 0 Å². The molecule has 0 amide bonds. The predicted molar refractivity (Wildman–Crippen MR) is 261 cm³/mol. The normalized spacial score (nSPS) is 12.2. The van der Waals surface area contributed by atoms with Crippen molar-refractivity contribution in [2.24, 2.45) is 0 Å². The standard InChI is InChI=1S/C60H50/c1-59(2,3)41-29-25-39(26-30-41)43-33-35-55(47-17-9-7-15-45(43)47)53-23-13-22-52-51(53)21-14-24-54(52)56-37-38-58(50-20-12-11-19-49(50)56)57-36-34-44(46-16-8-10-18-48(46)57)40-27-31-42(32-28-40)60(4,5)6/h7-38H,1-6H3. The highest BCUT2D eigenvalue weighted by Gasteiger charge is 2.19. The topological polar surface area (TPSA) is 0 Å². The lowest BCUT2D eigenvalue weighted by Gasteiger charge is -2.20. The van der Waals surface area contributed by atoms with Gasteiger partial charge in [0.25, 0.3) is 0 Å². The molecule has 0 spiro atoms. The summed E-state index contributed by atoms with van der Waals surface area (Å²) in [7, 11) is 0. The van der Waals surface area contributed by atoms with Gasteiger partial charge in [0, 0.05) is 0 Å². The van der Waals surface area contributed by atoms with Crippen LogP contribution >= 0.6 is 0 Å². The molecule has 0 fully saturated rings. The summed E-state index contributed by atoms with van der Waals surface area (Å²) in [6.07, 6.45) is 0. The molecule has 0 atom stereocenters. The van der Waals surface area contributed by atoms with E-state index in [-0.39, 0.29) is 10.8 Å². The Morgan fingerprint density at radius 3 is 0.683 bits per heavy atom. The Balaban J connectivity index is 1.08. The molecule has 10 aromatic carbocycles. The summed E-state index contributed by atoms with van der Waals surface area (Å²) in [6, 6.07) is 72.6. The quantitative estimate of drug-likeness (QED) is 0.163. The Bertz CT molecular complexity index is 3060. The largest absolute Gasteiger partial charge is 0.0616 e. The third-order valence-electron chi connectivity index (χ3n) is 12.7. The van der Waals surface area contributed by atoms with E-state index in [1.54, 1.807) is 0 Å². The van der Waals surface area contributed by atoms with Crippen LogP contribution in [0.1, 0.15) is 52.7 Å². The second-order valence-electron chi connectivity index (χ2n) is 18.5. The molecule has 0 saturated heterocycles. The minimum absolute atomic E-state index is 0.118. The molecule has 0 aliphatic rings. The fourth-order valence-electron chi connectivity index (χ4n) is 9.42. The highest BCUT2D eigenvalue weighted by atomic mass is 14.2. The Kier molecular flexibility index (Phi) is 9.07. The first-order valence-electron chi connectivity index (χ1n) is 21.3. The van der Waals surface area contributed by atoms with Crippen LogP contribution in [0.15, 0.2) is 194 Å². The SMILES string of the molecule is CC(C)(C)c1ccc(-c2ccc(-c3cccc4c(-c5ccc(-c6ccc(-c7ccc(C(C)(C)C)cc7)c7ccccc67)c6ccccc56)cccc34)c3ccccc23)cc1. The molecule has 0 heteroatoms. The van der Waals surface area contributed by atoms with Gasteiger partial charge in [0.05, 0.1) is 0 Å². The zero-order valence-corrected chi connectivity index (χ0v) is 35.5. The Morgan fingerprint density at radius 2 is 0.417 bits per heavy atom. The molecule has 0 aliphatic carbocycles. The third-order valence-corrected chi connectivity index (χ3v) is 12.7. The lowest BCUT2D eigenvalue weighted by molar-refractivity contribution is 0.590. The lowest BCUT2D eigenvalue weighted by atomic mass is 9.84. The summed E-state index contributed by atoms with van der Waals surface area (Å²) < 4.78 is 0. The van der Waals surface area contributed by atoms with E-state index < -0.39 is 0 Å². The second kappa shape index (κ2) is 14.5. The van der Waals surface area contributed by atoms with Gasteiger partial charge >= 0.3 is 0 Å². The monoisotopic (exact) mass is 770 g/mol. The van der Waals surface area contributed by atoms with E-state index in [9.17, 15) is 0 Å². The van der Waals surface area contributed by atoms with E-state index in [4.69, 9.17) is 0 Å². The average molecular weight is 771 g/mol. The number of hydrogen-bond donors (Lipinski definition) is 0. The fourth-order valence-corrected chi connectivity index (χ4v) is 9.42. The molecule has 0 radical (unpaired) electrons. The summed E-state index contributed by atoms with van der Waals surface area (Å²) in [5, 5.41) is 10.1. The first-order chi connectivity index (χ1) is 29.0. The molecule has 0 aliphatic heterocycles. The maximum atomic E-state index is 2.35. The van der Waals surface area contributed by atoms with Crippen molar-refractivity contribution in [2.45, 2.75) is 52.4 Å². The minimum atomic E-state index is 0.118. The Labute approximate surface area is 354 Å². The zero-order valence-electron chi connectivity index (χ0n) is 35.5. The summed E-state index contributed by atoms with van der Waals surface area (Å²) >= 11 is 0. The molecule has 0 bridgehead atoms. The molecular formula is C60H50. The smallest absolute Gasteiger partial charge is 0.00987 e. The van der Waals surface area contributed by atoms with Crippen LogP contribution in [-0.2, 0) is 10.8 Å². The second-order valence-corrected chi connectivity index (χ2v) is 18.5. The predicted octanol–water partition coefficient (Wildman–Crippen LogP) is 17.2.